The first-order valence-corrected chi connectivity index (χ1v) is 7.88. The first-order chi connectivity index (χ1) is 11.3. The van der Waals surface area contributed by atoms with Crippen molar-refractivity contribution in [3.05, 3.63) is 36.4 Å². The number of hydrogen-bond acceptors (Lipinski definition) is 6. The Hall–Kier alpha value is -2.34. The summed E-state index contributed by atoms with van der Waals surface area (Å²) < 4.78 is 10.5. The Bertz CT molecular complexity index is 702. The fourth-order valence-corrected chi connectivity index (χ4v) is 2.78. The van der Waals surface area contributed by atoms with Crippen LogP contribution in [0.3, 0.4) is 0 Å². The molecule has 6 nitrogen and oxygen atoms in total. The zero-order chi connectivity index (χ0) is 16.1. The van der Waals surface area contributed by atoms with Gasteiger partial charge in [-0.2, -0.15) is 0 Å². The van der Waals surface area contributed by atoms with Gasteiger partial charge in [0.15, 0.2) is 0 Å². The number of nitrogens with two attached hydrogens (primary N) is 1. The van der Waals surface area contributed by atoms with Gasteiger partial charge < -0.3 is 20.5 Å². The smallest absolute Gasteiger partial charge is 0.134 e. The normalized spacial score (nSPS) is 19.7. The van der Waals surface area contributed by atoms with Crippen molar-refractivity contribution in [1.29, 1.82) is 0 Å². The number of fused-ring (bicyclic) bond motifs is 2. The standard InChI is InChI=1S/C9H9N3O.C8H13NO/c1-13-6-2-3-7-8(4-6)11-5-12-9(7)10;1-4-8-7(9-5-1)3-2-6-10-8/h2-5H,1H3,(H2,10,11,12);4,7,9H,1-3,5-6H2. The van der Waals surface area contributed by atoms with Crippen molar-refractivity contribution in [3.8, 4) is 5.75 Å². The predicted octanol–water partition coefficient (Wildman–Crippen LogP) is 2.26. The monoisotopic (exact) mass is 314 g/mol. The molecule has 3 N–H and O–H groups in total. The van der Waals surface area contributed by atoms with Gasteiger partial charge in [0.2, 0.25) is 0 Å². The Labute approximate surface area is 135 Å². The van der Waals surface area contributed by atoms with Gasteiger partial charge >= 0.3 is 0 Å². The quantitative estimate of drug-likeness (QED) is 0.840. The highest BCUT2D eigenvalue weighted by Gasteiger charge is 2.21. The Morgan fingerprint density at radius 1 is 1.35 bits per heavy atom. The van der Waals surface area contributed by atoms with Crippen molar-refractivity contribution in [2.75, 3.05) is 26.0 Å². The van der Waals surface area contributed by atoms with Crippen LogP contribution in [-0.2, 0) is 4.74 Å². The fourth-order valence-electron chi connectivity index (χ4n) is 2.78. The molecule has 122 valence electrons. The van der Waals surface area contributed by atoms with Crippen LogP contribution >= 0.6 is 0 Å². The molecule has 1 saturated heterocycles. The molecule has 1 aromatic heterocycles. The van der Waals surface area contributed by atoms with E-state index in [-0.39, 0.29) is 0 Å². The minimum atomic E-state index is 0.493. The molecular formula is C17H22N4O2. The van der Waals surface area contributed by atoms with Gasteiger partial charge in [-0.1, -0.05) is 0 Å². The zero-order valence-electron chi connectivity index (χ0n) is 13.3. The van der Waals surface area contributed by atoms with Crippen molar-refractivity contribution in [2.45, 2.75) is 25.3 Å². The highest BCUT2D eigenvalue weighted by Crippen LogP contribution is 2.21. The zero-order valence-corrected chi connectivity index (χ0v) is 13.3. The van der Waals surface area contributed by atoms with Gasteiger partial charge in [-0.15, -0.1) is 0 Å². The maximum absolute atomic E-state index is 5.66. The average Bonchev–Trinajstić information content (AvgIpc) is 2.62. The van der Waals surface area contributed by atoms with Crippen LogP contribution in [0.5, 0.6) is 5.75 Å². The molecule has 0 bridgehead atoms. The second kappa shape index (κ2) is 7.28. The molecule has 4 rings (SSSR count). The van der Waals surface area contributed by atoms with Crippen LogP contribution in [0.15, 0.2) is 36.4 Å². The van der Waals surface area contributed by atoms with Crippen molar-refractivity contribution in [3.63, 3.8) is 0 Å². The third-order valence-electron chi connectivity index (χ3n) is 4.00. The molecule has 1 unspecified atom stereocenters. The lowest BCUT2D eigenvalue weighted by Gasteiger charge is -2.29. The lowest BCUT2D eigenvalue weighted by atomic mass is 10.0. The van der Waals surface area contributed by atoms with Crippen LogP contribution in [0.1, 0.15) is 19.3 Å². The lowest BCUT2D eigenvalue weighted by molar-refractivity contribution is 0.134. The molecule has 2 aromatic rings. The molecule has 1 aromatic carbocycles. The minimum absolute atomic E-state index is 0.493. The Balaban J connectivity index is 0.000000140. The van der Waals surface area contributed by atoms with Gasteiger partial charge in [-0.05, 0) is 44.0 Å². The van der Waals surface area contributed by atoms with Crippen molar-refractivity contribution >= 4 is 16.7 Å². The highest BCUT2D eigenvalue weighted by atomic mass is 16.5. The number of rotatable bonds is 1. The summed E-state index contributed by atoms with van der Waals surface area (Å²) in [6, 6.07) is 6.06. The first-order valence-electron chi connectivity index (χ1n) is 7.88. The maximum atomic E-state index is 5.66. The van der Waals surface area contributed by atoms with E-state index < -0.39 is 0 Å². The number of nitrogens with one attached hydrogen (secondary N) is 1. The van der Waals surface area contributed by atoms with Gasteiger partial charge in [0.05, 0.1) is 25.3 Å². The van der Waals surface area contributed by atoms with E-state index in [1.165, 1.54) is 24.9 Å². The number of methoxy groups -OCH3 is 1. The summed E-state index contributed by atoms with van der Waals surface area (Å²) in [6.45, 7) is 2.04. The molecule has 0 spiro atoms. The van der Waals surface area contributed by atoms with Crippen molar-refractivity contribution in [1.82, 2.24) is 15.3 Å². The second-order valence-corrected chi connectivity index (χ2v) is 5.53. The van der Waals surface area contributed by atoms with Crippen molar-refractivity contribution in [2.24, 2.45) is 0 Å². The number of ether oxygens (including phenoxy) is 2. The summed E-state index contributed by atoms with van der Waals surface area (Å²) in [5.41, 5.74) is 6.45. The van der Waals surface area contributed by atoms with Crippen LogP contribution in [0.2, 0.25) is 0 Å². The molecule has 3 heterocycles. The van der Waals surface area contributed by atoms with Crippen LogP contribution in [0.4, 0.5) is 5.82 Å². The summed E-state index contributed by atoms with van der Waals surface area (Å²) in [6.07, 6.45) is 7.25. The van der Waals surface area contributed by atoms with E-state index in [0.717, 1.165) is 36.2 Å². The lowest BCUT2D eigenvalue weighted by Crippen LogP contribution is -2.38. The Kier molecular flexibility index (Phi) is 4.92. The van der Waals surface area contributed by atoms with Gasteiger partial charge in [-0.25, -0.2) is 9.97 Å². The van der Waals surface area contributed by atoms with Gasteiger partial charge in [0, 0.05) is 11.5 Å². The number of nitrogens with zero attached hydrogens (tertiary/aromatic N) is 2. The summed E-state index contributed by atoms with van der Waals surface area (Å²) in [5.74, 6) is 2.45. The second-order valence-electron chi connectivity index (χ2n) is 5.53. The molecule has 2 aliphatic heterocycles. The topological polar surface area (TPSA) is 82.3 Å². The van der Waals surface area contributed by atoms with E-state index in [1.54, 1.807) is 7.11 Å². The molecule has 0 radical (unpaired) electrons. The SMILES string of the molecule is C1=C2OCCCC2NCC1.COc1ccc2c(N)ncnc2c1. The van der Waals surface area contributed by atoms with Gasteiger partial charge in [-0.3, -0.25) is 0 Å². The van der Waals surface area contributed by atoms with E-state index in [0.29, 0.717) is 11.9 Å². The molecule has 23 heavy (non-hydrogen) atoms. The maximum Gasteiger partial charge on any atom is 0.134 e. The molecular weight excluding hydrogens is 292 g/mol. The largest absolute Gasteiger partial charge is 0.497 e. The average molecular weight is 314 g/mol. The molecule has 0 saturated carbocycles. The third kappa shape index (κ3) is 3.71. The summed E-state index contributed by atoms with van der Waals surface area (Å²) >= 11 is 0. The molecule has 2 aliphatic rings. The molecule has 1 atom stereocenters. The number of anilines is 1. The number of hydrogen-bond donors (Lipinski definition) is 2. The summed E-state index contributed by atoms with van der Waals surface area (Å²) in [5, 5.41) is 4.28. The van der Waals surface area contributed by atoms with E-state index >= 15 is 0 Å². The number of nitrogen functional groups attached to an aromatic ring is 1. The fraction of sp³-hybridized carbons (Fsp3) is 0.412. The van der Waals surface area contributed by atoms with Crippen molar-refractivity contribution < 1.29 is 9.47 Å². The van der Waals surface area contributed by atoms with Crippen LogP contribution < -0.4 is 15.8 Å². The van der Waals surface area contributed by atoms with Gasteiger partial charge in [0.25, 0.3) is 0 Å². The highest BCUT2D eigenvalue weighted by molar-refractivity contribution is 5.88. The minimum Gasteiger partial charge on any atom is -0.497 e. The predicted molar refractivity (Wildman–Crippen MR) is 90.2 cm³/mol. The van der Waals surface area contributed by atoms with E-state index in [9.17, 15) is 0 Å². The Morgan fingerprint density at radius 3 is 3.09 bits per heavy atom. The molecule has 0 aliphatic carbocycles. The van der Waals surface area contributed by atoms with Crippen LogP contribution in [0.25, 0.3) is 10.9 Å². The molecule has 6 heteroatoms. The van der Waals surface area contributed by atoms with E-state index in [1.807, 2.05) is 18.2 Å². The van der Waals surface area contributed by atoms with Crippen LogP contribution in [0, 0.1) is 0 Å². The Morgan fingerprint density at radius 2 is 2.26 bits per heavy atom. The summed E-state index contributed by atoms with van der Waals surface area (Å²) in [4.78, 5) is 7.97. The van der Waals surface area contributed by atoms with Crippen LogP contribution in [-0.4, -0.2) is 36.3 Å². The first kappa shape index (κ1) is 15.6. The number of aromatic nitrogens is 2. The van der Waals surface area contributed by atoms with Gasteiger partial charge in [0.1, 0.15) is 23.7 Å². The van der Waals surface area contributed by atoms with E-state index in [2.05, 4.69) is 21.4 Å². The van der Waals surface area contributed by atoms with E-state index in [4.69, 9.17) is 15.2 Å². The third-order valence-corrected chi connectivity index (χ3v) is 4.00. The molecule has 1 fully saturated rings. The summed E-state index contributed by atoms with van der Waals surface area (Å²) in [7, 11) is 1.62. The molecule has 0 amide bonds. The number of benzene rings is 1.